The van der Waals surface area contributed by atoms with Gasteiger partial charge in [-0.25, -0.2) is 0 Å². The van der Waals surface area contributed by atoms with Gasteiger partial charge in [0.15, 0.2) is 6.29 Å². The summed E-state index contributed by atoms with van der Waals surface area (Å²) in [6.45, 7) is 4.30. The summed E-state index contributed by atoms with van der Waals surface area (Å²) in [7, 11) is 0. The standard InChI is InChI=1S/C10H16O2/c1-6-3-4-8-7(2)5-12-10(11)9(6)8/h5-6,8-11H,3-4H2,1-2H3/t6-,8-,9+,10?/m0/s1. The van der Waals surface area contributed by atoms with Gasteiger partial charge < -0.3 is 9.84 Å². The van der Waals surface area contributed by atoms with Crippen molar-refractivity contribution in [2.75, 3.05) is 0 Å². The number of aliphatic hydroxyl groups excluding tert-OH is 1. The molecule has 0 aromatic carbocycles. The smallest absolute Gasteiger partial charge is 0.200 e. The van der Waals surface area contributed by atoms with Crippen LogP contribution in [0.25, 0.3) is 0 Å². The number of rotatable bonds is 0. The summed E-state index contributed by atoms with van der Waals surface area (Å²) in [6, 6.07) is 0. The van der Waals surface area contributed by atoms with Crippen LogP contribution in [0.2, 0.25) is 0 Å². The molecular formula is C10H16O2. The van der Waals surface area contributed by atoms with Crippen molar-refractivity contribution in [1.82, 2.24) is 0 Å². The van der Waals surface area contributed by atoms with E-state index < -0.39 is 6.29 Å². The molecule has 2 heteroatoms. The van der Waals surface area contributed by atoms with Crippen molar-refractivity contribution in [1.29, 1.82) is 0 Å². The first kappa shape index (κ1) is 8.11. The van der Waals surface area contributed by atoms with Crippen molar-refractivity contribution >= 4 is 0 Å². The third-order valence-electron chi connectivity index (χ3n) is 3.36. The molecule has 0 saturated heterocycles. The van der Waals surface area contributed by atoms with Crippen molar-refractivity contribution in [3.63, 3.8) is 0 Å². The predicted octanol–water partition coefficient (Wildman–Crippen LogP) is 1.90. The van der Waals surface area contributed by atoms with E-state index in [9.17, 15) is 5.11 Å². The lowest BCUT2D eigenvalue weighted by atomic mass is 9.84. The summed E-state index contributed by atoms with van der Waals surface area (Å²) in [5, 5.41) is 9.60. The van der Waals surface area contributed by atoms with Crippen LogP contribution in [-0.2, 0) is 4.74 Å². The number of allylic oxidation sites excluding steroid dienone is 1. The topological polar surface area (TPSA) is 29.5 Å². The van der Waals surface area contributed by atoms with Crippen LogP contribution >= 0.6 is 0 Å². The second kappa shape index (κ2) is 2.77. The highest BCUT2D eigenvalue weighted by molar-refractivity contribution is 5.09. The minimum atomic E-state index is -0.559. The van der Waals surface area contributed by atoms with Crippen LogP contribution in [0.5, 0.6) is 0 Å². The highest BCUT2D eigenvalue weighted by atomic mass is 16.6. The van der Waals surface area contributed by atoms with Crippen LogP contribution in [-0.4, -0.2) is 11.4 Å². The zero-order valence-electron chi connectivity index (χ0n) is 7.66. The fourth-order valence-electron chi connectivity index (χ4n) is 2.59. The van der Waals surface area contributed by atoms with E-state index in [0.717, 1.165) is 0 Å². The molecule has 0 bridgehead atoms. The average molecular weight is 168 g/mol. The van der Waals surface area contributed by atoms with Crippen molar-refractivity contribution in [2.24, 2.45) is 17.8 Å². The Labute approximate surface area is 73.2 Å². The van der Waals surface area contributed by atoms with E-state index in [1.807, 2.05) is 0 Å². The van der Waals surface area contributed by atoms with Gasteiger partial charge in [0.25, 0.3) is 0 Å². The molecule has 2 rings (SSSR count). The van der Waals surface area contributed by atoms with Gasteiger partial charge in [0.1, 0.15) is 0 Å². The molecule has 1 fully saturated rings. The largest absolute Gasteiger partial charge is 0.472 e. The molecule has 2 nitrogen and oxygen atoms in total. The summed E-state index contributed by atoms with van der Waals surface area (Å²) >= 11 is 0. The van der Waals surface area contributed by atoms with E-state index in [0.29, 0.717) is 17.8 Å². The van der Waals surface area contributed by atoms with Crippen molar-refractivity contribution in [2.45, 2.75) is 33.0 Å². The fraction of sp³-hybridized carbons (Fsp3) is 0.800. The van der Waals surface area contributed by atoms with Gasteiger partial charge in [-0.3, -0.25) is 0 Å². The Hall–Kier alpha value is -0.500. The van der Waals surface area contributed by atoms with E-state index in [-0.39, 0.29) is 0 Å². The highest BCUT2D eigenvalue weighted by Gasteiger charge is 2.42. The van der Waals surface area contributed by atoms with Gasteiger partial charge in [-0.05, 0) is 37.2 Å². The third-order valence-corrected chi connectivity index (χ3v) is 3.36. The molecule has 1 aliphatic carbocycles. The maximum absolute atomic E-state index is 9.60. The Bertz CT molecular complexity index is 210. The molecule has 68 valence electrons. The van der Waals surface area contributed by atoms with Gasteiger partial charge in [-0.2, -0.15) is 0 Å². The number of aliphatic hydroxyl groups is 1. The maximum atomic E-state index is 9.60. The molecule has 1 heterocycles. The molecule has 1 unspecified atom stereocenters. The number of hydrogen-bond donors (Lipinski definition) is 1. The van der Waals surface area contributed by atoms with E-state index >= 15 is 0 Å². The molecule has 2 aliphatic rings. The van der Waals surface area contributed by atoms with Gasteiger partial charge >= 0.3 is 0 Å². The number of fused-ring (bicyclic) bond motifs is 1. The van der Waals surface area contributed by atoms with Crippen LogP contribution in [0.15, 0.2) is 11.8 Å². The molecule has 0 amide bonds. The zero-order chi connectivity index (χ0) is 8.72. The Morgan fingerprint density at radius 3 is 2.92 bits per heavy atom. The first-order valence-electron chi connectivity index (χ1n) is 4.70. The van der Waals surface area contributed by atoms with E-state index in [1.165, 1.54) is 18.4 Å². The second-order valence-electron chi connectivity index (χ2n) is 4.13. The molecule has 1 N–H and O–H groups in total. The first-order chi connectivity index (χ1) is 5.70. The summed E-state index contributed by atoms with van der Waals surface area (Å²) in [5.41, 5.74) is 1.30. The lowest BCUT2D eigenvalue weighted by Crippen LogP contribution is -2.32. The fourth-order valence-corrected chi connectivity index (χ4v) is 2.59. The molecule has 0 radical (unpaired) electrons. The van der Waals surface area contributed by atoms with Crippen molar-refractivity contribution in [3.8, 4) is 0 Å². The van der Waals surface area contributed by atoms with Crippen LogP contribution < -0.4 is 0 Å². The minimum Gasteiger partial charge on any atom is -0.472 e. The summed E-state index contributed by atoms with van der Waals surface area (Å²) in [6.07, 6.45) is 3.61. The van der Waals surface area contributed by atoms with E-state index in [4.69, 9.17) is 4.74 Å². The minimum absolute atomic E-state index is 0.343. The molecule has 0 aromatic rings. The molecule has 1 aliphatic heterocycles. The molecule has 12 heavy (non-hydrogen) atoms. The summed E-state index contributed by atoms with van der Waals surface area (Å²) in [5.74, 6) is 1.52. The van der Waals surface area contributed by atoms with Gasteiger partial charge in [0.05, 0.1) is 6.26 Å². The van der Waals surface area contributed by atoms with Crippen LogP contribution in [0.3, 0.4) is 0 Å². The second-order valence-corrected chi connectivity index (χ2v) is 4.13. The van der Waals surface area contributed by atoms with E-state index in [1.54, 1.807) is 6.26 Å². The Balaban J connectivity index is 2.23. The third kappa shape index (κ3) is 1.06. The zero-order valence-corrected chi connectivity index (χ0v) is 7.66. The van der Waals surface area contributed by atoms with Gasteiger partial charge in [-0.1, -0.05) is 6.92 Å². The van der Waals surface area contributed by atoms with Gasteiger partial charge in [0.2, 0.25) is 0 Å². The Morgan fingerprint density at radius 1 is 1.50 bits per heavy atom. The average Bonchev–Trinajstić information content (AvgIpc) is 2.42. The quantitative estimate of drug-likeness (QED) is 0.598. The molecule has 0 aromatic heterocycles. The highest BCUT2D eigenvalue weighted by Crippen LogP contribution is 2.45. The normalized spacial score (nSPS) is 46.4. The van der Waals surface area contributed by atoms with E-state index in [2.05, 4.69) is 13.8 Å². The maximum Gasteiger partial charge on any atom is 0.200 e. The van der Waals surface area contributed by atoms with Crippen LogP contribution in [0.1, 0.15) is 26.7 Å². The Kier molecular flexibility index (Phi) is 1.87. The molecule has 1 saturated carbocycles. The number of hydrogen-bond acceptors (Lipinski definition) is 2. The van der Waals surface area contributed by atoms with Gasteiger partial charge in [-0.15, -0.1) is 0 Å². The lowest BCUT2D eigenvalue weighted by Gasteiger charge is -2.31. The molecular weight excluding hydrogens is 152 g/mol. The lowest BCUT2D eigenvalue weighted by molar-refractivity contribution is -0.121. The van der Waals surface area contributed by atoms with Crippen LogP contribution in [0, 0.1) is 17.8 Å². The Morgan fingerprint density at radius 2 is 2.25 bits per heavy atom. The van der Waals surface area contributed by atoms with Crippen molar-refractivity contribution in [3.05, 3.63) is 11.8 Å². The van der Waals surface area contributed by atoms with Crippen molar-refractivity contribution < 1.29 is 9.84 Å². The summed E-state index contributed by atoms with van der Waals surface area (Å²) in [4.78, 5) is 0. The SMILES string of the molecule is CC1=COC(O)[C@@H]2[C@@H](C)CC[C@@H]12. The summed E-state index contributed by atoms with van der Waals surface area (Å²) < 4.78 is 5.17. The predicted molar refractivity (Wildman–Crippen MR) is 46.2 cm³/mol. The number of ether oxygens (including phenoxy) is 1. The van der Waals surface area contributed by atoms with Gasteiger partial charge in [0, 0.05) is 5.92 Å². The van der Waals surface area contributed by atoms with Crippen LogP contribution in [0.4, 0.5) is 0 Å². The molecule has 4 atom stereocenters. The first-order valence-corrected chi connectivity index (χ1v) is 4.70. The molecule has 0 spiro atoms. The monoisotopic (exact) mass is 168 g/mol.